The van der Waals surface area contributed by atoms with Gasteiger partial charge < -0.3 is 14.8 Å². The van der Waals surface area contributed by atoms with Crippen LogP contribution in [0, 0.1) is 5.82 Å². The van der Waals surface area contributed by atoms with E-state index in [1.54, 1.807) is 20.3 Å². The summed E-state index contributed by atoms with van der Waals surface area (Å²) in [5.74, 6) is 0.636. The molecule has 3 rings (SSSR count). The molecule has 2 N–H and O–H groups in total. The van der Waals surface area contributed by atoms with Gasteiger partial charge in [-0.15, -0.1) is 0 Å². The summed E-state index contributed by atoms with van der Waals surface area (Å²) >= 11 is 0. The van der Waals surface area contributed by atoms with Crippen molar-refractivity contribution < 1.29 is 27.1 Å². The quantitative estimate of drug-likeness (QED) is 0.573. The minimum Gasteiger partial charge on any atom is -0.493 e. The molecule has 1 saturated heterocycles. The maximum atomic E-state index is 13.1. The Hall–Kier alpha value is -2.69. The van der Waals surface area contributed by atoms with E-state index in [9.17, 15) is 17.6 Å². The Labute approximate surface area is 194 Å². The number of piperidine rings is 1. The number of ether oxygens (including phenoxy) is 2. The van der Waals surface area contributed by atoms with Crippen molar-refractivity contribution in [3.8, 4) is 11.5 Å². The van der Waals surface area contributed by atoms with Gasteiger partial charge in [0.15, 0.2) is 11.5 Å². The maximum absolute atomic E-state index is 13.1. The zero-order chi connectivity index (χ0) is 24.0. The number of methoxy groups -OCH3 is 2. The van der Waals surface area contributed by atoms with Crippen molar-refractivity contribution in [2.45, 2.75) is 43.3 Å². The van der Waals surface area contributed by atoms with E-state index >= 15 is 0 Å². The molecule has 0 spiro atoms. The van der Waals surface area contributed by atoms with Crippen LogP contribution in [0.5, 0.6) is 11.5 Å². The van der Waals surface area contributed by atoms with Crippen LogP contribution in [-0.4, -0.2) is 58.6 Å². The van der Waals surface area contributed by atoms with Gasteiger partial charge in [0.05, 0.1) is 25.2 Å². The monoisotopic (exact) mass is 479 g/mol. The molecule has 2 aromatic rings. The zero-order valence-corrected chi connectivity index (χ0v) is 19.8. The first-order chi connectivity index (χ1) is 15.7. The summed E-state index contributed by atoms with van der Waals surface area (Å²) in [5, 5.41) is 2.94. The predicted octanol–water partition coefficient (Wildman–Crippen LogP) is 2.29. The van der Waals surface area contributed by atoms with Crippen LogP contribution in [0.3, 0.4) is 0 Å². The van der Waals surface area contributed by atoms with Crippen LogP contribution in [-0.2, 0) is 21.4 Å². The first kappa shape index (κ1) is 24.9. The Morgan fingerprint density at radius 3 is 2.33 bits per heavy atom. The lowest BCUT2D eigenvalue weighted by atomic mass is 10.0. The lowest BCUT2D eigenvalue weighted by molar-refractivity contribution is -0.126. The first-order valence-electron chi connectivity index (χ1n) is 10.7. The van der Waals surface area contributed by atoms with Crippen LogP contribution in [0.25, 0.3) is 0 Å². The molecule has 2 aromatic carbocycles. The minimum atomic E-state index is -3.71. The summed E-state index contributed by atoms with van der Waals surface area (Å²) in [6, 6.07) is 9.64. The van der Waals surface area contributed by atoms with Crippen LogP contribution in [0.2, 0.25) is 0 Å². The number of hydrogen-bond donors (Lipinski definition) is 2. The predicted molar refractivity (Wildman–Crippen MR) is 122 cm³/mol. The Kier molecular flexibility index (Phi) is 8.28. The molecule has 0 aromatic heterocycles. The van der Waals surface area contributed by atoms with Gasteiger partial charge in [0.2, 0.25) is 15.9 Å². The van der Waals surface area contributed by atoms with Gasteiger partial charge in [-0.2, -0.15) is 0 Å². The SMILES string of the molecule is COc1ccc(CNC(=O)C(C)N2CCC(NS(=O)(=O)c3ccc(F)cc3)CC2)cc1OC. The standard InChI is InChI=1S/C23H30FN3O5S/c1-16(23(28)25-15-17-4-9-21(31-2)22(14-17)32-3)27-12-10-19(11-13-27)26-33(29,30)20-7-5-18(24)6-8-20/h4-9,14,16,19,26H,10-13,15H2,1-3H3,(H,25,28). The fourth-order valence-electron chi connectivity index (χ4n) is 3.80. The van der Waals surface area contributed by atoms with Gasteiger partial charge in [0.25, 0.3) is 0 Å². The van der Waals surface area contributed by atoms with Gasteiger partial charge >= 0.3 is 0 Å². The molecular weight excluding hydrogens is 449 g/mol. The summed E-state index contributed by atoms with van der Waals surface area (Å²) in [7, 11) is -0.586. The molecule has 33 heavy (non-hydrogen) atoms. The first-order valence-corrected chi connectivity index (χ1v) is 12.2. The molecule has 1 heterocycles. The smallest absolute Gasteiger partial charge is 0.240 e. The van der Waals surface area contributed by atoms with Gasteiger partial charge in [-0.25, -0.2) is 17.5 Å². The largest absolute Gasteiger partial charge is 0.493 e. The number of sulfonamides is 1. The molecule has 0 bridgehead atoms. The second-order valence-corrected chi connectivity index (χ2v) is 9.68. The van der Waals surface area contributed by atoms with Crippen molar-refractivity contribution >= 4 is 15.9 Å². The topological polar surface area (TPSA) is 97.0 Å². The lowest BCUT2D eigenvalue weighted by Crippen LogP contribution is -2.51. The number of likely N-dealkylation sites (tertiary alicyclic amines) is 1. The van der Waals surface area contributed by atoms with Crippen molar-refractivity contribution in [3.63, 3.8) is 0 Å². The van der Waals surface area contributed by atoms with Crippen molar-refractivity contribution in [1.82, 2.24) is 14.9 Å². The highest BCUT2D eigenvalue weighted by atomic mass is 32.2. The highest BCUT2D eigenvalue weighted by Crippen LogP contribution is 2.27. The van der Waals surface area contributed by atoms with Gasteiger partial charge in [-0.1, -0.05) is 6.07 Å². The third-order valence-electron chi connectivity index (χ3n) is 5.82. The fourth-order valence-corrected chi connectivity index (χ4v) is 5.10. The normalized spacial score (nSPS) is 16.2. The van der Waals surface area contributed by atoms with Crippen LogP contribution in [0.1, 0.15) is 25.3 Å². The lowest BCUT2D eigenvalue weighted by Gasteiger charge is -2.35. The number of nitrogens with one attached hydrogen (secondary N) is 2. The van der Waals surface area contributed by atoms with Crippen molar-refractivity contribution in [3.05, 3.63) is 53.8 Å². The Morgan fingerprint density at radius 2 is 1.73 bits per heavy atom. The number of benzene rings is 2. The third kappa shape index (κ3) is 6.43. The second kappa shape index (κ2) is 11.0. The molecule has 1 amide bonds. The molecule has 0 radical (unpaired) electrons. The molecule has 0 aliphatic carbocycles. The molecule has 1 aliphatic heterocycles. The van der Waals surface area contributed by atoms with Crippen LogP contribution < -0.4 is 19.5 Å². The van der Waals surface area contributed by atoms with E-state index in [1.165, 1.54) is 12.1 Å². The minimum absolute atomic E-state index is 0.0363. The van der Waals surface area contributed by atoms with Crippen molar-refractivity contribution in [2.24, 2.45) is 0 Å². The highest BCUT2D eigenvalue weighted by Gasteiger charge is 2.29. The number of nitrogens with zero attached hydrogens (tertiary/aromatic N) is 1. The number of carbonyl (C=O) groups is 1. The molecule has 1 fully saturated rings. The summed E-state index contributed by atoms with van der Waals surface area (Å²) in [5.41, 5.74) is 0.891. The molecule has 1 atom stereocenters. The van der Waals surface area contributed by atoms with E-state index in [0.717, 1.165) is 17.7 Å². The molecule has 1 aliphatic rings. The highest BCUT2D eigenvalue weighted by molar-refractivity contribution is 7.89. The molecule has 180 valence electrons. The Balaban J connectivity index is 1.49. The number of rotatable bonds is 9. The van der Waals surface area contributed by atoms with E-state index < -0.39 is 15.8 Å². The molecular formula is C23H30FN3O5S. The summed E-state index contributed by atoms with van der Waals surface area (Å²) in [4.78, 5) is 14.7. The molecule has 8 nitrogen and oxygen atoms in total. The number of hydrogen-bond acceptors (Lipinski definition) is 6. The van der Waals surface area contributed by atoms with E-state index in [2.05, 4.69) is 10.0 Å². The molecule has 10 heteroatoms. The summed E-state index contributed by atoms with van der Waals surface area (Å²) in [6.45, 7) is 3.37. The Bertz CT molecular complexity index is 1050. The maximum Gasteiger partial charge on any atom is 0.240 e. The Morgan fingerprint density at radius 1 is 1.09 bits per heavy atom. The molecule has 1 unspecified atom stereocenters. The number of amides is 1. The molecule has 0 saturated carbocycles. The second-order valence-electron chi connectivity index (χ2n) is 7.97. The van der Waals surface area contributed by atoms with Crippen LogP contribution >= 0.6 is 0 Å². The summed E-state index contributed by atoms with van der Waals surface area (Å²) in [6.07, 6.45) is 1.15. The van der Waals surface area contributed by atoms with E-state index in [-0.39, 0.29) is 22.9 Å². The fraction of sp³-hybridized carbons (Fsp3) is 0.435. The number of carbonyl (C=O) groups excluding carboxylic acids is 1. The van der Waals surface area contributed by atoms with Gasteiger partial charge in [0.1, 0.15) is 5.82 Å². The van der Waals surface area contributed by atoms with Crippen LogP contribution in [0.15, 0.2) is 47.4 Å². The van der Waals surface area contributed by atoms with Gasteiger partial charge in [-0.3, -0.25) is 9.69 Å². The number of halogens is 1. The van der Waals surface area contributed by atoms with E-state index in [1.807, 2.05) is 24.0 Å². The van der Waals surface area contributed by atoms with Gasteiger partial charge in [-0.05, 0) is 61.7 Å². The zero-order valence-electron chi connectivity index (χ0n) is 19.0. The third-order valence-corrected chi connectivity index (χ3v) is 7.35. The average Bonchev–Trinajstić information content (AvgIpc) is 2.82. The summed E-state index contributed by atoms with van der Waals surface area (Å²) < 4.78 is 51.3. The van der Waals surface area contributed by atoms with E-state index in [4.69, 9.17) is 9.47 Å². The van der Waals surface area contributed by atoms with Crippen LogP contribution in [0.4, 0.5) is 4.39 Å². The van der Waals surface area contributed by atoms with Crippen molar-refractivity contribution in [2.75, 3.05) is 27.3 Å². The van der Waals surface area contributed by atoms with Gasteiger partial charge in [0, 0.05) is 25.7 Å². The van der Waals surface area contributed by atoms with E-state index in [0.29, 0.717) is 44.0 Å². The average molecular weight is 480 g/mol. The van der Waals surface area contributed by atoms with Crippen molar-refractivity contribution in [1.29, 1.82) is 0 Å².